The first-order valence-corrected chi connectivity index (χ1v) is 11.4. The van der Waals surface area contributed by atoms with Crippen LogP contribution in [0.3, 0.4) is 0 Å². The summed E-state index contributed by atoms with van der Waals surface area (Å²) in [6.45, 7) is 1.39. The molecule has 36 heavy (non-hydrogen) atoms. The largest absolute Gasteiger partial charge is 0.573 e. The Bertz CT molecular complexity index is 1260. The number of nitrogens with zero attached hydrogens (tertiary/aromatic N) is 2. The molecule has 1 fully saturated rings. The van der Waals surface area contributed by atoms with Gasteiger partial charge in [-0.15, -0.1) is 13.2 Å². The van der Waals surface area contributed by atoms with Gasteiger partial charge in [0.25, 0.3) is 0 Å². The van der Waals surface area contributed by atoms with Crippen molar-refractivity contribution in [2.75, 3.05) is 23.5 Å². The summed E-state index contributed by atoms with van der Waals surface area (Å²) in [4.78, 5) is 16.5. The lowest BCUT2D eigenvalue weighted by Crippen LogP contribution is -2.60. The molecule has 1 aliphatic rings. The molecule has 0 bridgehead atoms. The van der Waals surface area contributed by atoms with Gasteiger partial charge in [0.2, 0.25) is 0 Å². The number of rotatable bonds is 6. The second-order valence-electron chi connectivity index (χ2n) is 8.36. The monoisotopic (exact) mass is 540 g/mol. The molecule has 0 unspecified atom stereocenters. The van der Waals surface area contributed by atoms with Crippen LogP contribution in [-0.4, -0.2) is 36.8 Å². The molecule has 0 aliphatic carbocycles. The summed E-state index contributed by atoms with van der Waals surface area (Å²) in [5, 5.41) is 13.3. The van der Waals surface area contributed by atoms with Gasteiger partial charge in [-0.2, -0.15) is 0 Å². The maximum absolute atomic E-state index is 14.0. The Hall–Kier alpha value is -2.98. The normalized spacial score (nSPS) is 22.3. The van der Waals surface area contributed by atoms with Crippen LogP contribution < -0.4 is 14.5 Å². The average molecular weight is 541 g/mol. The van der Waals surface area contributed by atoms with Crippen LogP contribution in [-0.2, 0) is 10.5 Å². The molecule has 1 aliphatic heterocycles. The molecule has 2 amide bonds. The summed E-state index contributed by atoms with van der Waals surface area (Å²) in [6, 6.07) is 16.7. The molecule has 1 heterocycles. The van der Waals surface area contributed by atoms with Gasteiger partial charge in [-0.25, -0.2) is 4.79 Å². The van der Waals surface area contributed by atoms with Crippen molar-refractivity contribution in [1.82, 2.24) is 0 Å². The number of benzene rings is 3. The van der Waals surface area contributed by atoms with E-state index in [0.29, 0.717) is 15.7 Å². The third-order valence-electron chi connectivity index (χ3n) is 6.02. The number of aliphatic hydroxyl groups is 1. The number of carbonyl (C=O) groups is 1. The lowest BCUT2D eigenvalue weighted by molar-refractivity contribution is -0.274. The summed E-state index contributed by atoms with van der Waals surface area (Å²) in [7, 11) is 1.39. The number of carbonyl (C=O) groups excluding carboxylic acids is 1. The average Bonchev–Trinajstić information content (AvgIpc) is 2.98. The van der Waals surface area contributed by atoms with Crippen molar-refractivity contribution in [1.29, 1.82) is 0 Å². The summed E-state index contributed by atoms with van der Waals surface area (Å²) in [5.41, 5.74) is -3.14. The minimum absolute atomic E-state index is 0.0245. The Kier molecular flexibility index (Phi) is 6.87. The number of alkyl halides is 3. The van der Waals surface area contributed by atoms with Gasteiger partial charge in [0.05, 0.1) is 6.61 Å². The summed E-state index contributed by atoms with van der Waals surface area (Å²) in [6.07, 6.45) is -4.95. The summed E-state index contributed by atoms with van der Waals surface area (Å²) in [5.74, 6) is -0.554. The topological polar surface area (TPSA) is 62.2 Å². The molecular formula is C25H21Cl2F3N2O4. The quantitative estimate of drug-likeness (QED) is 0.383. The van der Waals surface area contributed by atoms with E-state index in [9.17, 15) is 23.1 Å². The lowest BCUT2D eigenvalue weighted by Gasteiger charge is -2.44. The Morgan fingerprint density at radius 2 is 1.44 bits per heavy atom. The second kappa shape index (κ2) is 9.48. The molecule has 0 spiro atoms. The fourth-order valence-electron chi connectivity index (χ4n) is 4.52. The van der Waals surface area contributed by atoms with E-state index >= 15 is 0 Å². The van der Waals surface area contributed by atoms with Gasteiger partial charge in [-0.1, -0.05) is 35.3 Å². The maximum atomic E-state index is 14.0. The first-order chi connectivity index (χ1) is 16.9. The predicted molar refractivity (Wildman–Crippen MR) is 131 cm³/mol. The predicted octanol–water partition coefficient (Wildman–Crippen LogP) is 6.59. The van der Waals surface area contributed by atoms with Crippen LogP contribution in [0.15, 0.2) is 72.8 Å². The zero-order valence-corrected chi connectivity index (χ0v) is 20.6. The van der Waals surface area contributed by atoms with Gasteiger partial charge >= 0.3 is 12.4 Å². The number of anilines is 2. The van der Waals surface area contributed by atoms with Crippen molar-refractivity contribution in [3.8, 4) is 5.75 Å². The van der Waals surface area contributed by atoms with Crippen LogP contribution in [0.2, 0.25) is 10.0 Å². The zero-order valence-electron chi connectivity index (χ0n) is 19.1. The second-order valence-corrected chi connectivity index (χ2v) is 9.23. The molecule has 190 valence electrons. The zero-order chi connectivity index (χ0) is 26.3. The SMILES string of the molecule is COC[C@]1(C)N(c2ccc(Cl)cc2)C(=O)N(c2ccc(Cl)cc2)[C@]1(O)c1cccc(OC(F)(F)F)c1. The van der Waals surface area contributed by atoms with Crippen molar-refractivity contribution in [3.05, 3.63) is 88.4 Å². The Balaban J connectivity index is 1.98. The fraction of sp³-hybridized carbons (Fsp3) is 0.240. The van der Waals surface area contributed by atoms with Crippen LogP contribution in [0.1, 0.15) is 12.5 Å². The minimum atomic E-state index is -4.95. The highest BCUT2D eigenvalue weighted by Gasteiger charge is 2.66. The Labute approximate surface area is 215 Å². The number of halogens is 5. The number of hydrogen-bond donors (Lipinski definition) is 1. The van der Waals surface area contributed by atoms with E-state index in [4.69, 9.17) is 27.9 Å². The van der Waals surface area contributed by atoms with Gasteiger partial charge in [-0.05, 0) is 67.6 Å². The molecule has 3 aromatic carbocycles. The molecule has 6 nitrogen and oxygen atoms in total. The van der Waals surface area contributed by atoms with Crippen LogP contribution in [0.4, 0.5) is 29.3 Å². The molecule has 1 N–H and O–H groups in total. The molecule has 4 rings (SSSR count). The number of hydrogen-bond acceptors (Lipinski definition) is 4. The summed E-state index contributed by atoms with van der Waals surface area (Å²) >= 11 is 12.1. The van der Waals surface area contributed by atoms with Crippen molar-refractivity contribution in [3.63, 3.8) is 0 Å². The Morgan fingerprint density at radius 1 is 0.917 bits per heavy atom. The maximum Gasteiger partial charge on any atom is 0.573 e. The molecule has 0 saturated carbocycles. The van der Waals surface area contributed by atoms with E-state index < -0.39 is 29.4 Å². The van der Waals surface area contributed by atoms with Crippen LogP contribution >= 0.6 is 23.2 Å². The molecule has 2 atom stereocenters. The molecule has 11 heteroatoms. The van der Waals surface area contributed by atoms with E-state index in [1.54, 1.807) is 31.2 Å². The van der Waals surface area contributed by atoms with Gasteiger partial charge in [-0.3, -0.25) is 9.80 Å². The first-order valence-electron chi connectivity index (χ1n) is 10.6. The highest BCUT2D eigenvalue weighted by Crippen LogP contribution is 2.51. The van der Waals surface area contributed by atoms with Gasteiger partial charge in [0.15, 0.2) is 5.72 Å². The van der Waals surface area contributed by atoms with Crippen LogP contribution in [0, 0.1) is 0 Å². The highest BCUT2D eigenvalue weighted by molar-refractivity contribution is 6.31. The number of amides is 2. The first kappa shape index (κ1) is 26.1. The van der Waals surface area contributed by atoms with Crippen molar-refractivity contribution in [2.24, 2.45) is 0 Å². The third kappa shape index (κ3) is 4.48. The fourth-order valence-corrected chi connectivity index (χ4v) is 4.77. The van der Waals surface area contributed by atoms with E-state index in [2.05, 4.69) is 4.74 Å². The van der Waals surface area contributed by atoms with Gasteiger partial charge < -0.3 is 14.6 Å². The number of urea groups is 1. The molecule has 0 aromatic heterocycles. The van der Waals surface area contributed by atoms with Crippen molar-refractivity contribution < 1.29 is 32.5 Å². The van der Waals surface area contributed by atoms with E-state index in [1.165, 1.54) is 48.4 Å². The number of methoxy groups -OCH3 is 1. The third-order valence-corrected chi connectivity index (χ3v) is 6.52. The van der Waals surface area contributed by atoms with E-state index in [0.717, 1.165) is 17.0 Å². The van der Waals surface area contributed by atoms with Gasteiger partial charge in [0.1, 0.15) is 11.3 Å². The van der Waals surface area contributed by atoms with Crippen molar-refractivity contribution >= 4 is 40.6 Å². The highest BCUT2D eigenvalue weighted by atomic mass is 35.5. The smallest absolute Gasteiger partial charge is 0.406 e. The van der Waals surface area contributed by atoms with Gasteiger partial charge in [0, 0.05) is 34.1 Å². The summed E-state index contributed by atoms with van der Waals surface area (Å²) < 4.78 is 48.5. The van der Waals surface area contributed by atoms with Crippen molar-refractivity contribution in [2.45, 2.75) is 24.6 Å². The lowest BCUT2D eigenvalue weighted by atomic mass is 9.82. The standard InChI is InChI=1S/C25H21Cl2F3N2O4/c1-23(15-35-2)24(34,16-4-3-5-21(14-16)36-25(28,29)30)32(20-12-8-18(27)9-13-20)22(33)31(23)19-10-6-17(26)7-11-19/h3-14,34H,15H2,1-2H3/t23-,24-/m0/s1. The molecular weight excluding hydrogens is 520 g/mol. The molecule has 0 radical (unpaired) electrons. The number of ether oxygens (including phenoxy) is 2. The minimum Gasteiger partial charge on any atom is -0.406 e. The molecule has 3 aromatic rings. The van der Waals surface area contributed by atoms with Crippen LogP contribution in [0.5, 0.6) is 5.75 Å². The van der Waals surface area contributed by atoms with Crippen LogP contribution in [0.25, 0.3) is 0 Å². The van der Waals surface area contributed by atoms with E-state index in [-0.39, 0.29) is 17.9 Å². The molecule has 1 saturated heterocycles. The van der Waals surface area contributed by atoms with E-state index in [1.807, 2.05) is 0 Å². The Morgan fingerprint density at radius 3 is 1.94 bits per heavy atom.